The van der Waals surface area contributed by atoms with Gasteiger partial charge < -0.3 is 5.32 Å². The standard InChI is InChI=1S/C15H21F3N2O2S/c1-11-8-12(15(16,17)18)4-5-13(11)23(21,22)20-10-14(2)6-3-7-19-9-14/h4-5,8,19-20H,3,6-7,9-10H2,1-2H3. The smallest absolute Gasteiger partial charge is 0.316 e. The first-order chi connectivity index (χ1) is 10.5. The fourth-order valence-electron chi connectivity index (χ4n) is 2.74. The molecule has 4 nitrogen and oxygen atoms in total. The van der Waals surface area contributed by atoms with Gasteiger partial charge in [0.15, 0.2) is 0 Å². The minimum atomic E-state index is -4.48. The van der Waals surface area contributed by atoms with Crippen molar-refractivity contribution in [2.24, 2.45) is 5.41 Å². The third kappa shape index (κ3) is 4.45. The van der Waals surface area contributed by atoms with E-state index in [0.717, 1.165) is 37.6 Å². The molecule has 1 saturated heterocycles. The maximum Gasteiger partial charge on any atom is 0.416 e. The maximum atomic E-state index is 12.7. The van der Waals surface area contributed by atoms with Crippen LogP contribution in [-0.2, 0) is 16.2 Å². The third-order valence-corrected chi connectivity index (χ3v) is 5.73. The van der Waals surface area contributed by atoms with E-state index >= 15 is 0 Å². The van der Waals surface area contributed by atoms with Crippen molar-refractivity contribution in [2.45, 2.75) is 37.8 Å². The lowest BCUT2D eigenvalue weighted by atomic mass is 9.83. The molecule has 1 aliphatic rings. The SMILES string of the molecule is Cc1cc(C(F)(F)F)ccc1S(=O)(=O)NCC1(C)CCCNC1. The van der Waals surface area contributed by atoms with Crippen molar-refractivity contribution in [1.29, 1.82) is 0 Å². The molecule has 2 rings (SSSR count). The third-order valence-electron chi connectivity index (χ3n) is 4.17. The quantitative estimate of drug-likeness (QED) is 0.878. The summed E-state index contributed by atoms with van der Waals surface area (Å²) in [5.74, 6) is 0. The molecule has 1 aromatic carbocycles. The second kappa shape index (κ2) is 6.41. The molecule has 1 aliphatic heterocycles. The second-order valence-corrected chi connectivity index (χ2v) is 8.13. The van der Waals surface area contributed by atoms with Gasteiger partial charge in [-0.25, -0.2) is 13.1 Å². The van der Waals surface area contributed by atoms with Gasteiger partial charge in [0.2, 0.25) is 10.0 Å². The molecule has 1 unspecified atom stereocenters. The van der Waals surface area contributed by atoms with Gasteiger partial charge in [-0.15, -0.1) is 0 Å². The molecule has 0 amide bonds. The molecule has 0 aliphatic carbocycles. The van der Waals surface area contributed by atoms with Crippen LogP contribution < -0.4 is 10.0 Å². The highest BCUT2D eigenvalue weighted by Gasteiger charge is 2.32. The molecule has 0 spiro atoms. The van der Waals surface area contributed by atoms with Crippen LogP contribution in [0, 0.1) is 12.3 Å². The van der Waals surface area contributed by atoms with E-state index < -0.39 is 21.8 Å². The molecule has 2 N–H and O–H groups in total. The Kier molecular flexibility index (Phi) is 5.08. The van der Waals surface area contributed by atoms with Gasteiger partial charge in [-0.1, -0.05) is 6.92 Å². The Labute approximate surface area is 134 Å². The van der Waals surface area contributed by atoms with Gasteiger partial charge in [0, 0.05) is 13.1 Å². The van der Waals surface area contributed by atoms with Gasteiger partial charge in [0.05, 0.1) is 10.5 Å². The first-order valence-corrected chi connectivity index (χ1v) is 8.90. The van der Waals surface area contributed by atoms with E-state index in [4.69, 9.17) is 0 Å². The molecular formula is C15H21F3N2O2S. The summed E-state index contributed by atoms with van der Waals surface area (Å²) in [6.07, 6.45) is -2.62. The van der Waals surface area contributed by atoms with Crippen LogP contribution in [0.5, 0.6) is 0 Å². The Morgan fingerprint density at radius 1 is 1.35 bits per heavy atom. The van der Waals surface area contributed by atoms with Gasteiger partial charge in [0.25, 0.3) is 0 Å². The lowest BCUT2D eigenvalue weighted by molar-refractivity contribution is -0.137. The molecule has 0 bridgehead atoms. The number of halogens is 3. The van der Waals surface area contributed by atoms with Crippen LogP contribution in [0.4, 0.5) is 13.2 Å². The zero-order valence-electron chi connectivity index (χ0n) is 13.1. The van der Waals surface area contributed by atoms with Gasteiger partial charge in [-0.2, -0.15) is 13.2 Å². The molecule has 0 saturated carbocycles. The number of piperidine rings is 1. The van der Waals surface area contributed by atoms with E-state index in [0.29, 0.717) is 6.54 Å². The summed E-state index contributed by atoms with van der Waals surface area (Å²) in [6, 6.07) is 2.67. The Morgan fingerprint density at radius 3 is 2.57 bits per heavy atom. The molecular weight excluding hydrogens is 329 g/mol. The van der Waals surface area contributed by atoms with Crippen LogP contribution in [0.15, 0.2) is 23.1 Å². The van der Waals surface area contributed by atoms with Gasteiger partial charge >= 0.3 is 6.18 Å². The summed E-state index contributed by atoms with van der Waals surface area (Å²) in [6.45, 7) is 5.24. The van der Waals surface area contributed by atoms with E-state index in [9.17, 15) is 21.6 Å². The minimum Gasteiger partial charge on any atom is -0.316 e. The number of nitrogens with one attached hydrogen (secondary N) is 2. The van der Waals surface area contributed by atoms with Gasteiger partial charge in [0.1, 0.15) is 0 Å². The number of hydrogen-bond acceptors (Lipinski definition) is 3. The van der Waals surface area contributed by atoms with Crippen molar-refractivity contribution in [2.75, 3.05) is 19.6 Å². The van der Waals surface area contributed by atoms with E-state index in [1.54, 1.807) is 0 Å². The van der Waals surface area contributed by atoms with Crippen molar-refractivity contribution < 1.29 is 21.6 Å². The predicted molar refractivity (Wildman–Crippen MR) is 81.6 cm³/mol. The normalized spacial score (nSPS) is 23.0. The molecule has 8 heteroatoms. The van der Waals surface area contributed by atoms with Crippen LogP contribution in [-0.4, -0.2) is 28.1 Å². The fourth-order valence-corrected chi connectivity index (χ4v) is 4.17. The van der Waals surface area contributed by atoms with Gasteiger partial charge in [-0.3, -0.25) is 0 Å². The Bertz CT molecular complexity index is 666. The van der Waals surface area contributed by atoms with Crippen molar-refractivity contribution in [3.05, 3.63) is 29.3 Å². The molecule has 0 aromatic heterocycles. The van der Waals surface area contributed by atoms with Crippen molar-refractivity contribution >= 4 is 10.0 Å². The van der Waals surface area contributed by atoms with Crippen molar-refractivity contribution in [3.8, 4) is 0 Å². The molecule has 1 aromatic rings. The van der Waals surface area contributed by atoms with Crippen LogP contribution in [0.2, 0.25) is 0 Å². The van der Waals surface area contributed by atoms with Gasteiger partial charge in [-0.05, 0) is 55.5 Å². The van der Waals surface area contributed by atoms with Crippen LogP contribution >= 0.6 is 0 Å². The fraction of sp³-hybridized carbons (Fsp3) is 0.600. The minimum absolute atomic E-state index is 0.0826. The topological polar surface area (TPSA) is 58.2 Å². The van der Waals surface area contributed by atoms with E-state index in [1.165, 1.54) is 6.92 Å². The lowest BCUT2D eigenvalue weighted by Gasteiger charge is -2.34. The highest BCUT2D eigenvalue weighted by molar-refractivity contribution is 7.89. The zero-order chi connectivity index (χ0) is 17.3. The van der Waals surface area contributed by atoms with Crippen LogP contribution in [0.25, 0.3) is 0 Å². The number of hydrogen-bond donors (Lipinski definition) is 2. The summed E-state index contributed by atoms with van der Waals surface area (Å²) in [5, 5.41) is 3.23. The Balaban J connectivity index is 2.16. The molecule has 1 atom stereocenters. The van der Waals surface area contributed by atoms with E-state index in [1.807, 2.05) is 6.92 Å². The first kappa shape index (κ1) is 18.2. The summed E-state index contributed by atoms with van der Waals surface area (Å²) < 4.78 is 65.3. The number of sulfonamides is 1. The molecule has 1 heterocycles. The average molecular weight is 350 g/mol. The zero-order valence-corrected chi connectivity index (χ0v) is 13.9. The van der Waals surface area contributed by atoms with Crippen LogP contribution in [0.1, 0.15) is 30.9 Å². The molecule has 23 heavy (non-hydrogen) atoms. The highest BCUT2D eigenvalue weighted by Crippen LogP contribution is 2.31. The summed E-state index contributed by atoms with van der Waals surface area (Å²) in [7, 11) is -3.84. The average Bonchev–Trinajstić information content (AvgIpc) is 2.45. The Hall–Kier alpha value is -1.12. The second-order valence-electron chi connectivity index (χ2n) is 6.39. The summed E-state index contributed by atoms with van der Waals surface area (Å²) >= 11 is 0. The van der Waals surface area contributed by atoms with Crippen molar-refractivity contribution in [3.63, 3.8) is 0 Å². The predicted octanol–water partition coefficient (Wildman–Crippen LogP) is 2.68. The molecule has 0 radical (unpaired) electrons. The number of alkyl halides is 3. The molecule has 1 fully saturated rings. The summed E-state index contributed by atoms with van der Waals surface area (Å²) in [5.41, 5.74) is -0.956. The van der Waals surface area contributed by atoms with Crippen LogP contribution in [0.3, 0.4) is 0 Å². The largest absolute Gasteiger partial charge is 0.416 e. The van der Waals surface area contributed by atoms with E-state index in [-0.39, 0.29) is 22.4 Å². The number of benzene rings is 1. The monoisotopic (exact) mass is 350 g/mol. The number of aryl methyl sites for hydroxylation is 1. The van der Waals surface area contributed by atoms with Crippen molar-refractivity contribution in [1.82, 2.24) is 10.0 Å². The highest BCUT2D eigenvalue weighted by atomic mass is 32.2. The lowest BCUT2D eigenvalue weighted by Crippen LogP contribution is -2.45. The first-order valence-electron chi connectivity index (χ1n) is 7.42. The van der Waals surface area contributed by atoms with E-state index in [2.05, 4.69) is 10.0 Å². The number of rotatable bonds is 4. The summed E-state index contributed by atoms with van der Waals surface area (Å²) in [4.78, 5) is -0.113. The Morgan fingerprint density at radius 2 is 2.04 bits per heavy atom. The maximum absolute atomic E-state index is 12.7. The molecule has 130 valence electrons.